The number of anilines is 1. The van der Waals surface area contributed by atoms with E-state index in [2.05, 4.69) is 5.32 Å². The molecule has 1 aliphatic rings. The van der Waals surface area contributed by atoms with E-state index in [4.69, 9.17) is 0 Å². The van der Waals surface area contributed by atoms with Crippen LogP contribution >= 0.6 is 0 Å². The van der Waals surface area contributed by atoms with Gasteiger partial charge in [-0.3, -0.25) is 9.59 Å². The van der Waals surface area contributed by atoms with Crippen molar-refractivity contribution in [1.29, 1.82) is 0 Å². The van der Waals surface area contributed by atoms with E-state index in [1.54, 1.807) is 12.1 Å². The van der Waals surface area contributed by atoms with E-state index < -0.39 is 11.4 Å². The Labute approximate surface area is 118 Å². The second kappa shape index (κ2) is 5.53. The molecular formula is C15H20N2O3. The van der Waals surface area contributed by atoms with E-state index in [1.807, 2.05) is 31.1 Å². The average molecular weight is 276 g/mol. The van der Waals surface area contributed by atoms with Gasteiger partial charge < -0.3 is 15.3 Å². The average Bonchev–Trinajstić information content (AvgIpc) is 2.36. The summed E-state index contributed by atoms with van der Waals surface area (Å²) in [4.78, 5) is 25.2. The summed E-state index contributed by atoms with van der Waals surface area (Å²) in [5.41, 5.74) is 0.817. The molecule has 1 amide bonds. The number of benzene rings is 1. The third-order valence-corrected chi connectivity index (χ3v) is 4.00. The molecule has 1 saturated carbocycles. The van der Waals surface area contributed by atoms with Crippen LogP contribution in [0.5, 0.6) is 0 Å². The molecule has 0 atom stereocenters. The fourth-order valence-corrected chi connectivity index (χ4v) is 2.33. The zero-order chi connectivity index (χ0) is 14.8. The van der Waals surface area contributed by atoms with E-state index in [9.17, 15) is 14.7 Å². The smallest absolute Gasteiger partial charge is 0.311 e. The molecule has 0 aromatic heterocycles. The topological polar surface area (TPSA) is 69.6 Å². The van der Waals surface area contributed by atoms with Gasteiger partial charge >= 0.3 is 5.97 Å². The number of hydrogen-bond acceptors (Lipinski definition) is 3. The van der Waals surface area contributed by atoms with Crippen LogP contribution in [0.4, 0.5) is 5.69 Å². The molecule has 5 nitrogen and oxygen atoms in total. The number of carboxylic acids is 1. The summed E-state index contributed by atoms with van der Waals surface area (Å²) < 4.78 is 0. The maximum Gasteiger partial charge on any atom is 0.311 e. The fourth-order valence-electron chi connectivity index (χ4n) is 2.33. The standard InChI is InChI=1S/C15H20N2O3/c1-17(2)12-6-4-11(5-7-12)13(18)16-10-15(14(19)20)8-3-9-15/h4-7H,3,8-10H2,1-2H3,(H,16,18)(H,19,20). The van der Waals surface area contributed by atoms with Crippen molar-refractivity contribution in [3.8, 4) is 0 Å². The first-order chi connectivity index (χ1) is 9.44. The number of hydrogen-bond donors (Lipinski definition) is 2. The summed E-state index contributed by atoms with van der Waals surface area (Å²) in [5, 5.41) is 11.9. The van der Waals surface area contributed by atoms with Gasteiger partial charge in [-0.2, -0.15) is 0 Å². The van der Waals surface area contributed by atoms with Gasteiger partial charge in [0.25, 0.3) is 5.91 Å². The minimum Gasteiger partial charge on any atom is -0.481 e. The lowest BCUT2D eigenvalue weighted by Crippen LogP contribution is -2.47. The molecule has 2 rings (SSSR count). The molecule has 0 spiro atoms. The highest BCUT2D eigenvalue weighted by molar-refractivity contribution is 5.95. The van der Waals surface area contributed by atoms with Crippen LogP contribution in [-0.2, 0) is 4.79 Å². The van der Waals surface area contributed by atoms with Crippen LogP contribution in [0.1, 0.15) is 29.6 Å². The number of amides is 1. The van der Waals surface area contributed by atoms with E-state index in [1.165, 1.54) is 0 Å². The van der Waals surface area contributed by atoms with Gasteiger partial charge in [-0.1, -0.05) is 6.42 Å². The van der Waals surface area contributed by atoms with E-state index >= 15 is 0 Å². The summed E-state index contributed by atoms with van der Waals surface area (Å²) in [5.74, 6) is -1.03. The molecule has 2 N–H and O–H groups in total. The fraction of sp³-hybridized carbons (Fsp3) is 0.467. The van der Waals surface area contributed by atoms with Gasteiger partial charge in [0.2, 0.25) is 0 Å². The number of carboxylic acid groups (broad SMARTS) is 1. The maximum atomic E-state index is 12.0. The summed E-state index contributed by atoms with van der Waals surface area (Å²) in [6, 6.07) is 7.23. The Morgan fingerprint density at radius 2 is 1.85 bits per heavy atom. The summed E-state index contributed by atoms with van der Waals surface area (Å²) in [6.45, 7) is 0.205. The molecule has 5 heteroatoms. The molecule has 0 unspecified atom stereocenters. The largest absolute Gasteiger partial charge is 0.481 e. The minimum atomic E-state index is -0.813. The highest BCUT2D eigenvalue weighted by Gasteiger charge is 2.44. The minimum absolute atomic E-state index is 0.205. The SMILES string of the molecule is CN(C)c1ccc(C(=O)NCC2(C(=O)O)CCC2)cc1. The number of carbonyl (C=O) groups is 2. The predicted octanol–water partition coefficient (Wildman–Crippen LogP) is 1.74. The highest BCUT2D eigenvalue weighted by Crippen LogP contribution is 2.40. The number of nitrogens with one attached hydrogen (secondary N) is 1. The van der Waals surface area contributed by atoms with Crippen LogP contribution < -0.4 is 10.2 Å². The quantitative estimate of drug-likeness (QED) is 0.859. The van der Waals surface area contributed by atoms with E-state index in [0.717, 1.165) is 12.1 Å². The summed E-state index contributed by atoms with van der Waals surface area (Å²) in [6.07, 6.45) is 2.20. The first kappa shape index (κ1) is 14.4. The van der Waals surface area contributed by atoms with Crippen molar-refractivity contribution in [2.45, 2.75) is 19.3 Å². The Morgan fingerprint density at radius 1 is 1.25 bits per heavy atom. The van der Waals surface area contributed by atoms with Gasteiger partial charge in [-0.15, -0.1) is 0 Å². The molecular weight excluding hydrogens is 256 g/mol. The third-order valence-electron chi connectivity index (χ3n) is 4.00. The number of aliphatic carboxylic acids is 1. The first-order valence-electron chi connectivity index (χ1n) is 6.74. The Morgan fingerprint density at radius 3 is 2.25 bits per heavy atom. The molecule has 0 bridgehead atoms. The van der Waals surface area contributed by atoms with Crippen LogP contribution in [0.25, 0.3) is 0 Å². The Bertz CT molecular complexity index is 504. The van der Waals surface area contributed by atoms with Crippen molar-refractivity contribution in [3.63, 3.8) is 0 Å². The molecule has 108 valence electrons. The van der Waals surface area contributed by atoms with Crippen molar-refractivity contribution in [2.75, 3.05) is 25.5 Å². The zero-order valence-corrected chi connectivity index (χ0v) is 11.8. The third kappa shape index (κ3) is 2.76. The lowest BCUT2D eigenvalue weighted by atomic mass is 9.69. The van der Waals surface area contributed by atoms with Gasteiger partial charge in [-0.25, -0.2) is 0 Å². The number of rotatable bonds is 5. The van der Waals surface area contributed by atoms with Crippen molar-refractivity contribution in [3.05, 3.63) is 29.8 Å². The lowest BCUT2D eigenvalue weighted by Gasteiger charge is -2.37. The second-order valence-corrected chi connectivity index (χ2v) is 5.56. The normalized spacial score (nSPS) is 16.1. The van der Waals surface area contributed by atoms with Gasteiger partial charge in [-0.05, 0) is 37.1 Å². The van der Waals surface area contributed by atoms with Crippen molar-refractivity contribution < 1.29 is 14.7 Å². The molecule has 0 radical (unpaired) electrons. The first-order valence-corrected chi connectivity index (χ1v) is 6.74. The molecule has 0 saturated heterocycles. The van der Waals surface area contributed by atoms with Gasteiger partial charge in [0.05, 0.1) is 5.41 Å². The number of carbonyl (C=O) groups excluding carboxylic acids is 1. The van der Waals surface area contributed by atoms with Gasteiger partial charge in [0.15, 0.2) is 0 Å². The molecule has 0 aliphatic heterocycles. The molecule has 1 fully saturated rings. The Balaban J connectivity index is 1.96. The summed E-state index contributed by atoms with van der Waals surface area (Å²) in [7, 11) is 3.87. The predicted molar refractivity (Wildman–Crippen MR) is 77.0 cm³/mol. The maximum absolute atomic E-state index is 12.0. The van der Waals surface area contributed by atoms with E-state index in [0.29, 0.717) is 18.4 Å². The molecule has 1 aromatic carbocycles. The molecule has 1 aromatic rings. The van der Waals surface area contributed by atoms with Crippen LogP contribution in [0.2, 0.25) is 0 Å². The molecule has 20 heavy (non-hydrogen) atoms. The highest BCUT2D eigenvalue weighted by atomic mass is 16.4. The van der Waals surface area contributed by atoms with Gasteiger partial charge in [0, 0.05) is 31.9 Å². The van der Waals surface area contributed by atoms with Crippen molar-refractivity contribution in [1.82, 2.24) is 5.32 Å². The molecule has 1 aliphatic carbocycles. The zero-order valence-electron chi connectivity index (χ0n) is 11.8. The van der Waals surface area contributed by atoms with Gasteiger partial charge in [0.1, 0.15) is 0 Å². The lowest BCUT2D eigenvalue weighted by molar-refractivity contribution is -0.153. The van der Waals surface area contributed by atoms with Crippen LogP contribution in [0.3, 0.4) is 0 Å². The van der Waals surface area contributed by atoms with Crippen LogP contribution in [-0.4, -0.2) is 37.6 Å². The Hall–Kier alpha value is -2.04. The van der Waals surface area contributed by atoms with E-state index in [-0.39, 0.29) is 12.5 Å². The van der Waals surface area contributed by atoms with Crippen molar-refractivity contribution in [2.24, 2.45) is 5.41 Å². The van der Waals surface area contributed by atoms with Crippen molar-refractivity contribution >= 4 is 17.6 Å². The van der Waals surface area contributed by atoms with Crippen LogP contribution in [0.15, 0.2) is 24.3 Å². The van der Waals surface area contributed by atoms with Crippen LogP contribution in [0, 0.1) is 5.41 Å². The number of nitrogens with zero attached hydrogens (tertiary/aromatic N) is 1. The second-order valence-electron chi connectivity index (χ2n) is 5.56. The summed E-state index contributed by atoms with van der Waals surface area (Å²) >= 11 is 0. The Kier molecular flexibility index (Phi) is 3.97. The monoisotopic (exact) mass is 276 g/mol. The molecule has 0 heterocycles.